The van der Waals surface area contributed by atoms with Crippen LogP contribution in [-0.2, 0) is 0 Å². The van der Waals surface area contributed by atoms with Gasteiger partial charge in [-0.2, -0.15) is 5.10 Å². The van der Waals surface area contributed by atoms with Gasteiger partial charge in [-0.25, -0.2) is 0 Å². The Morgan fingerprint density at radius 1 is 1.11 bits per heavy atom. The summed E-state index contributed by atoms with van der Waals surface area (Å²) in [5.41, 5.74) is 1.02. The molecule has 0 radical (unpaired) electrons. The van der Waals surface area contributed by atoms with Crippen LogP contribution in [0.3, 0.4) is 0 Å². The van der Waals surface area contributed by atoms with Gasteiger partial charge in [0.15, 0.2) is 11.5 Å². The number of piperidine rings is 1. The van der Waals surface area contributed by atoms with E-state index in [9.17, 15) is 0 Å². The molecule has 0 atom stereocenters. The molecule has 0 amide bonds. The summed E-state index contributed by atoms with van der Waals surface area (Å²) < 4.78 is 11.7. The maximum absolute atomic E-state index is 5.37. The van der Waals surface area contributed by atoms with E-state index in [1.54, 1.807) is 0 Å². The third-order valence-electron chi connectivity index (χ3n) is 3.18. The van der Waals surface area contributed by atoms with Crippen LogP contribution in [0.15, 0.2) is 21.7 Å². The lowest BCUT2D eigenvalue weighted by atomic mass is 10.2. The first kappa shape index (κ1) is 11.8. The minimum atomic E-state index is 0.300. The van der Waals surface area contributed by atoms with Crippen LogP contribution in [0.4, 0.5) is 0 Å². The Morgan fingerprint density at radius 2 is 1.83 bits per heavy atom. The molecule has 1 saturated heterocycles. The van der Waals surface area contributed by atoms with E-state index in [4.69, 9.17) is 9.47 Å². The van der Waals surface area contributed by atoms with Gasteiger partial charge in [0.05, 0.1) is 6.21 Å². The third kappa shape index (κ3) is 2.46. The minimum absolute atomic E-state index is 0.300. The number of hydrogen-bond donors (Lipinski definition) is 0. The lowest BCUT2D eigenvalue weighted by molar-refractivity contribution is 0.174. The summed E-state index contributed by atoms with van der Waals surface area (Å²) in [4.78, 5) is 0. The predicted molar refractivity (Wildman–Crippen MR) is 73.3 cm³/mol. The van der Waals surface area contributed by atoms with Crippen molar-refractivity contribution in [3.05, 3.63) is 22.2 Å². The first-order chi connectivity index (χ1) is 8.83. The number of ether oxygens (including phenoxy) is 2. The van der Waals surface area contributed by atoms with Crippen LogP contribution < -0.4 is 9.47 Å². The van der Waals surface area contributed by atoms with Crippen molar-refractivity contribution in [3.63, 3.8) is 0 Å². The van der Waals surface area contributed by atoms with Crippen molar-refractivity contribution in [1.82, 2.24) is 5.01 Å². The molecule has 0 aromatic heterocycles. The topological polar surface area (TPSA) is 34.1 Å². The molecule has 0 saturated carbocycles. The Balaban J connectivity index is 1.77. The third-order valence-corrected chi connectivity index (χ3v) is 3.87. The molecule has 96 valence electrons. The van der Waals surface area contributed by atoms with Crippen LogP contribution in [0.2, 0.25) is 0 Å². The van der Waals surface area contributed by atoms with Gasteiger partial charge in [0.2, 0.25) is 6.79 Å². The molecule has 5 heteroatoms. The molecule has 2 aliphatic heterocycles. The van der Waals surface area contributed by atoms with Gasteiger partial charge in [-0.3, -0.25) is 5.01 Å². The predicted octanol–water partition coefficient (Wildman–Crippen LogP) is 3.00. The van der Waals surface area contributed by atoms with E-state index in [2.05, 4.69) is 26.0 Å². The number of nitrogens with zero attached hydrogens (tertiary/aromatic N) is 2. The fourth-order valence-corrected chi connectivity index (χ4v) is 2.59. The van der Waals surface area contributed by atoms with Crippen molar-refractivity contribution >= 4 is 22.1 Å². The van der Waals surface area contributed by atoms with Crippen LogP contribution in [0, 0.1) is 0 Å². The fourth-order valence-electron chi connectivity index (χ4n) is 2.17. The van der Waals surface area contributed by atoms with Crippen molar-refractivity contribution in [2.24, 2.45) is 5.10 Å². The Labute approximate surface area is 115 Å². The molecular formula is C13H15BrN2O2. The van der Waals surface area contributed by atoms with Crippen LogP contribution in [0.1, 0.15) is 24.8 Å². The molecule has 0 unspecified atom stereocenters. The van der Waals surface area contributed by atoms with Gasteiger partial charge < -0.3 is 9.47 Å². The molecular weight excluding hydrogens is 296 g/mol. The van der Waals surface area contributed by atoms with E-state index in [0.29, 0.717) is 6.79 Å². The van der Waals surface area contributed by atoms with E-state index in [1.165, 1.54) is 19.3 Å². The molecule has 1 fully saturated rings. The minimum Gasteiger partial charge on any atom is -0.454 e. The summed E-state index contributed by atoms with van der Waals surface area (Å²) in [6, 6.07) is 3.89. The number of hydrazone groups is 1. The summed E-state index contributed by atoms with van der Waals surface area (Å²) in [5.74, 6) is 1.58. The zero-order valence-corrected chi connectivity index (χ0v) is 11.6. The molecule has 2 heterocycles. The van der Waals surface area contributed by atoms with Crippen molar-refractivity contribution in [1.29, 1.82) is 0 Å². The number of halogens is 1. The molecule has 0 N–H and O–H groups in total. The zero-order valence-electron chi connectivity index (χ0n) is 10.1. The smallest absolute Gasteiger partial charge is 0.231 e. The van der Waals surface area contributed by atoms with Crippen LogP contribution in [0.25, 0.3) is 0 Å². The van der Waals surface area contributed by atoms with E-state index < -0.39 is 0 Å². The van der Waals surface area contributed by atoms with Crippen LogP contribution in [0.5, 0.6) is 11.5 Å². The zero-order chi connectivity index (χ0) is 12.4. The standard InChI is InChI=1S/C13H15BrN2O2/c14-11-7-13-12(17-9-18-13)6-10(11)8-15-16-4-2-1-3-5-16/h6-8H,1-5,9H2/b15-8-. The molecule has 0 spiro atoms. The normalized spacial score (nSPS) is 18.6. The monoisotopic (exact) mass is 310 g/mol. The fraction of sp³-hybridized carbons (Fsp3) is 0.462. The van der Waals surface area contributed by atoms with Crippen LogP contribution >= 0.6 is 15.9 Å². The SMILES string of the molecule is Brc1cc2c(cc1/C=N\N1CCCCC1)OCO2. The second kappa shape index (κ2) is 5.18. The maximum Gasteiger partial charge on any atom is 0.231 e. The van der Waals surface area contributed by atoms with Crippen LogP contribution in [-0.4, -0.2) is 31.1 Å². The summed E-state index contributed by atoms with van der Waals surface area (Å²) >= 11 is 3.53. The highest BCUT2D eigenvalue weighted by atomic mass is 79.9. The first-order valence-corrected chi connectivity index (χ1v) is 7.00. The van der Waals surface area contributed by atoms with Crippen molar-refractivity contribution in [2.75, 3.05) is 19.9 Å². The van der Waals surface area contributed by atoms with Gasteiger partial charge in [0, 0.05) is 23.1 Å². The number of rotatable bonds is 2. The molecule has 18 heavy (non-hydrogen) atoms. The van der Waals surface area contributed by atoms with Gasteiger partial charge in [-0.15, -0.1) is 0 Å². The molecule has 4 nitrogen and oxygen atoms in total. The highest BCUT2D eigenvalue weighted by Crippen LogP contribution is 2.36. The molecule has 3 rings (SSSR count). The average Bonchev–Trinajstić information content (AvgIpc) is 2.84. The van der Waals surface area contributed by atoms with Gasteiger partial charge >= 0.3 is 0 Å². The van der Waals surface area contributed by atoms with Gasteiger partial charge in [-0.05, 0) is 47.3 Å². The van der Waals surface area contributed by atoms with E-state index in [-0.39, 0.29) is 0 Å². The first-order valence-electron chi connectivity index (χ1n) is 6.21. The Morgan fingerprint density at radius 3 is 2.61 bits per heavy atom. The lowest BCUT2D eigenvalue weighted by Gasteiger charge is -2.23. The van der Waals surface area contributed by atoms with E-state index >= 15 is 0 Å². The summed E-state index contributed by atoms with van der Waals surface area (Å²) in [6.07, 6.45) is 5.68. The highest BCUT2D eigenvalue weighted by Gasteiger charge is 2.15. The second-order valence-corrected chi connectivity index (χ2v) is 5.34. The Bertz CT molecular complexity index is 470. The van der Waals surface area contributed by atoms with Gasteiger partial charge in [-0.1, -0.05) is 0 Å². The Hall–Kier alpha value is -1.23. The molecule has 0 aliphatic carbocycles. The van der Waals surface area contributed by atoms with Crippen molar-refractivity contribution < 1.29 is 9.47 Å². The molecule has 1 aromatic carbocycles. The molecule has 2 aliphatic rings. The number of fused-ring (bicyclic) bond motifs is 1. The second-order valence-electron chi connectivity index (χ2n) is 4.49. The Kier molecular flexibility index (Phi) is 3.41. The summed E-state index contributed by atoms with van der Waals surface area (Å²) in [6.45, 7) is 2.41. The van der Waals surface area contributed by atoms with E-state index in [1.807, 2.05) is 18.3 Å². The molecule has 1 aromatic rings. The van der Waals surface area contributed by atoms with Crippen molar-refractivity contribution in [3.8, 4) is 11.5 Å². The van der Waals surface area contributed by atoms with Gasteiger partial charge in [0.1, 0.15) is 0 Å². The largest absolute Gasteiger partial charge is 0.454 e. The quantitative estimate of drug-likeness (QED) is 0.788. The number of hydrogen-bond acceptors (Lipinski definition) is 4. The highest BCUT2D eigenvalue weighted by molar-refractivity contribution is 9.10. The average molecular weight is 311 g/mol. The number of benzene rings is 1. The van der Waals surface area contributed by atoms with Gasteiger partial charge in [0.25, 0.3) is 0 Å². The van der Waals surface area contributed by atoms with Crippen molar-refractivity contribution in [2.45, 2.75) is 19.3 Å². The maximum atomic E-state index is 5.37. The summed E-state index contributed by atoms with van der Waals surface area (Å²) in [5, 5.41) is 6.65. The lowest BCUT2D eigenvalue weighted by Crippen LogP contribution is -2.24. The van der Waals surface area contributed by atoms with E-state index in [0.717, 1.165) is 34.6 Å². The summed E-state index contributed by atoms with van der Waals surface area (Å²) in [7, 11) is 0. The molecule has 0 bridgehead atoms.